The van der Waals surface area contributed by atoms with Gasteiger partial charge in [0.1, 0.15) is 22.4 Å². The summed E-state index contributed by atoms with van der Waals surface area (Å²) in [6.45, 7) is 5.52. The Morgan fingerprint density at radius 2 is 1.93 bits per heavy atom. The van der Waals surface area contributed by atoms with E-state index in [0.29, 0.717) is 13.0 Å². The number of anilines is 1. The van der Waals surface area contributed by atoms with Gasteiger partial charge in [0.05, 0.1) is 5.56 Å². The van der Waals surface area contributed by atoms with E-state index in [0.717, 1.165) is 5.56 Å². The number of pyridine rings is 1. The summed E-state index contributed by atoms with van der Waals surface area (Å²) < 4.78 is 18.3. The molecule has 0 radical (unpaired) electrons. The lowest BCUT2D eigenvalue weighted by atomic mass is 10.1. The smallest absolute Gasteiger partial charge is 0.426 e. The van der Waals surface area contributed by atoms with Crippen LogP contribution in [0.3, 0.4) is 0 Å². The van der Waals surface area contributed by atoms with Gasteiger partial charge < -0.3 is 10.1 Å². The Morgan fingerprint density at radius 1 is 1.18 bits per heavy atom. The Labute approximate surface area is 167 Å². The minimum absolute atomic E-state index is 0.180. The lowest BCUT2D eigenvalue weighted by Crippen LogP contribution is -2.44. The summed E-state index contributed by atoms with van der Waals surface area (Å²) in [7, 11) is 0. The molecule has 0 atom stereocenters. The second kappa shape index (κ2) is 9.36. The molecule has 2 aromatic rings. The zero-order valence-electron chi connectivity index (χ0n) is 15.8. The van der Waals surface area contributed by atoms with Crippen LogP contribution < -0.4 is 16.2 Å². The van der Waals surface area contributed by atoms with Gasteiger partial charge >= 0.3 is 6.09 Å². The molecule has 0 aliphatic heterocycles. The average molecular weight is 409 g/mol. The molecule has 150 valence electrons. The second-order valence-electron chi connectivity index (χ2n) is 6.92. The number of hydrazine groups is 1. The van der Waals surface area contributed by atoms with Gasteiger partial charge in [0.25, 0.3) is 5.91 Å². The molecule has 0 unspecified atom stereocenters. The third kappa shape index (κ3) is 7.03. The van der Waals surface area contributed by atoms with E-state index in [1.807, 2.05) is 0 Å². The van der Waals surface area contributed by atoms with Gasteiger partial charge in [-0.05, 0) is 57.0 Å². The number of carbonyl (C=O) groups excluding carboxylic acids is 2. The molecule has 7 nitrogen and oxygen atoms in total. The Hall–Kier alpha value is -2.87. The highest BCUT2D eigenvalue weighted by atomic mass is 35.5. The maximum atomic E-state index is 13.2. The van der Waals surface area contributed by atoms with Crippen LogP contribution in [-0.4, -0.2) is 29.1 Å². The molecule has 0 spiro atoms. The molecule has 0 fully saturated rings. The summed E-state index contributed by atoms with van der Waals surface area (Å²) in [5.41, 5.74) is 4.72. The predicted molar refractivity (Wildman–Crippen MR) is 105 cm³/mol. The summed E-state index contributed by atoms with van der Waals surface area (Å²) >= 11 is 5.92. The third-order valence-electron chi connectivity index (χ3n) is 3.38. The number of aromatic nitrogens is 1. The summed E-state index contributed by atoms with van der Waals surface area (Å²) in [5.74, 6) is -0.665. The van der Waals surface area contributed by atoms with Gasteiger partial charge in [-0.15, -0.1) is 0 Å². The molecule has 1 aromatic heterocycles. The van der Waals surface area contributed by atoms with Crippen molar-refractivity contribution in [2.75, 3.05) is 11.9 Å². The monoisotopic (exact) mass is 408 g/mol. The summed E-state index contributed by atoms with van der Waals surface area (Å²) in [5, 5.41) is 3.21. The molecule has 28 heavy (non-hydrogen) atoms. The fraction of sp³-hybridized carbons (Fsp3) is 0.316. The Balaban J connectivity index is 1.98. The van der Waals surface area contributed by atoms with E-state index in [1.165, 1.54) is 24.3 Å². The first-order valence-electron chi connectivity index (χ1n) is 8.58. The highest BCUT2D eigenvalue weighted by Crippen LogP contribution is 2.17. The van der Waals surface area contributed by atoms with Crippen LogP contribution >= 0.6 is 11.6 Å². The summed E-state index contributed by atoms with van der Waals surface area (Å²) in [4.78, 5) is 28.1. The molecule has 9 heteroatoms. The lowest BCUT2D eigenvalue weighted by molar-refractivity contribution is 0.0483. The van der Waals surface area contributed by atoms with Gasteiger partial charge in [0.15, 0.2) is 0 Å². The molecule has 1 aromatic carbocycles. The van der Waals surface area contributed by atoms with Gasteiger partial charge in [0, 0.05) is 6.54 Å². The average Bonchev–Trinajstić information content (AvgIpc) is 2.58. The van der Waals surface area contributed by atoms with Crippen LogP contribution in [0.2, 0.25) is 5.15 Å². The number of ether oxygens (including phenoxy) is 1. The van der Waals surface area contributed by atoms with Gasteiger partial charge in [-0.1, -0.05) is 23.7 Å². The van der Waals surface area contributed by atoms with Gasteiger partial charge in [-0.25, -0.2) is 19.6 Å². The number of benzene rings is 1. The summed E-state index contributed by atoms with van der Waals surface area (Å²) in [6.07, 6.45) is -0.271. The first-order chi connectivity index (χ1) is 13.1. The largest absolute Gasteiger partial charge is 0.443 e. The van der Waals surface area contributed by atoms with Crippen LogP contribution in [0.4, 0.5) is 15.0 Å². The Kier molecular flexibility index (Phi) is 7.17. The third-order valence-corrected chi connectivity index (χ3v) is 3.59. The van der Waals surface area contributed by atoms with E-state index < -0.39 is 17.6 Å². The fourth-order valence-corrected chi connectivity index (χ4v) is 2.40. The first-order valence-corrected chi connectivity index (χ1v) is 8.96. The minimum Gasteiger partial charge on any atom is -0.443 e. The van der Waals surface area contributed by atoms with Crippen molar-refractivity contribution < 1.29 is 18.7 Å². The zero-order chi connectivity index (χ0) is 20.7. The molecule has 0 bridgehead atoms. The van der Waals surface area contributed by atoms with Crippen LogP contribution in [0, 0.1) is 5.82 Å². The molecular weight excluding hydrogens is 387 g/mol. The van der Waals surface area contributed by atoms with Crippen molar-refractivity contribution in [1.29, 1.82) is 0 Å². The van der Waals surface area contributed by atoms with Crippen molar-refractivity contribution in [1.82, 2.24) is 15.8 Å². The molecule has 0 aliphatic rings. The number of hydrogen-bond donors (Lipinski definition) is 3. The van der Waals surface area contributed by atoms with Crippen molar-refractivity contribution in [2.45, 2.75) is 32.8 Å². The molecular formula is C19H22ClFN4O3. The van der Waals surface area contributed by atoms with Crippen LogP contribution in [0.25, 0.3) is 0 Å². The molecule has 2 rings (SSSR count). The Morgan fingerprint density at radius 3 is 2.61 bits per heavy atom. The standard InChI is InChI=1S/C19H22ClFN4O3/c1-19(2,3)28-18(27)25-24-17(26)14-7-8-15(20)23-16(14)22-10-9-12-5-4-6-13(21)11-12/h4-8,11H,9-10H2,1-3H3,(H,22,23)(H,24,26)(H,25,27). The molecule has 0 saturated carbocycles. The Bertz CT molecular complexity index is 855. The number of halogens is 2. The molecule has 0 saturated heterocycles. The van der Waals surface area contributed by atoms with Crippen molar-refractivity contribution >= 4 is 29.4 Å². The molecule has 1 heterocycles. The normalized spacial score (nSPS) is 10.9. The lowest BCUT2D eigenvalue weighted by Gasteiger charge is -2.20. The van der Waals surface area contributed by atoms with Crippen molar-refractivity contribution in [3.05, 3.63) is 58.5 Å². The van der Waals surface area contributed by atoms with Crippen LogP contribution in [-0.2, 0) is 11.2 Å². The van der Waals surface area contributed by atoms with Gasteiger partial charge in [-0.2, -0.15) is 0 Å². The number of nitrogens with zero attached hydrogens (tertiary/aromatic N) is 1. The van der Waals surface area contributed by atoms with Crippen molar-refractivity contribution in [3.63, 3.8) is 0 Å². The molecule has 2 amide bonds. The molecule has 0 aliphatic carbocycles. The maximum absolute atomic E-state index is 13.2. The minimum atomic E-state index is -0.789. The summed E-state index contributed by atoms with van der Waals surface area (Å²) in [6, 6.07) is 9.17. The number of carbonyl (C=O) groups is 2. The van der Waals surface area contributed by atoms with E-state index >= 15 is 0 Å². The van der Waals surface area contributed by atoms with E-state index in [-0.39, 0.29) is 22.4 Å². The SMILES string of the molecule is CC(C)(C)OC(=O)NNC(=O)c1ccc(Cl)nc1NCCc1cccc(F)c1. The van der Waals surface area contributed by atoms with Crippen molar-refractivity contribution in [3.8, 4) is 0 Å². The fourth-order valence-electron chi connectivity index (χ4n) is 2.25. The maximum Gasteiger partial charge on any atom is 0.426 e. The van der Waals surface area contributed by atoms with Crippen LogP contribution in [0.1, 0.15) is 36.7 Å². The van der Waals surface area contributed by atoms with E-state index in [1.54, 1.807) is 32.9 Å². The van der Waals surface area contributed by atoms with Crippen molar-refractivity contribution in [2.24, 2.45) is 0 Å². The number of hydrogen-bond acceptors (Lipinski definition) is 5. The highest BCUT2D eigenvalue weighted by molar-refractivity contribution is 6.29. The van der Waals surface area contributed by atoms with Gasteiger partial charge in [-0.3, -0.25) is 10.2 Å². The van der Waals surface area contributed by atoms with E-state index in [4.69, 9.17) is 16.3 Å². The van der Waals surface area contributed by atoms with Crippen LogP contribution in [0.5, 0.6) is 0 Å². The second-order valence-corrected chi connectivity index (χ2v) is 7.31. The predicted octanol–water partition coefficient (Wildman–Crippen LogP) is 3.70. The topological polar surface area (TPSA) is 92.4 Å². The number of amides is 2. The quantitative estimate of drug-likeness (QED) is 0.518. The zero-order valence-corrected chi connectivity index (χ0v) is 16.6. The highest BCUT2D eigenvalue weighted by Gasteiger charge is 2.18. The first kappa shape index (κ1) is 21.4. The number of nitrogens with one attached hydrogen (secondary N) is 3. The van der Waals surface area contributed by atoms with Crippen LogP contribution in [0.15, 0.2) is 36.4 Å². The van der Waals surface area contributed by atoms with Gasteiger partial charge in [0.2, 0.25) is 0 Å². The number of rotatable bonds is 5. The molecule has 3 N–H and O–H groups in total. The van der Waals surface area contributed by atoms with E-state index in [2.05, 4.69) is 21.2 Å². The van der Waals surface area contributed by atoms with E-state index in [9.17, 15) is 14.0 Å².